The first-order chi connectivity index (χ1) is 3.39. The Morgan fingerprint density at radius 1 is 1.25 bits per heavy atom. The summed E-state index contributed by atoms with van der Waals surface area (Å²) in [4.78, 5) is 0. The van der Waals surface area contributed by atoms with E-state index in [1.54, 1.807) is 0 Å². The molecule has 0 bridgehead atoms. The van der Waals surface area contributed by atoms with Crippen LogP contribution in [0.5, 0.6) is 0 Å². The van der Waals surface area contributed by atoms with E-state index in [-0.39, 0.29) is 51.4 Å². The molecule has 0 amide bonds. The van der Waals surface area contributed by atoms with Gasteiger partial charge in [0.25, 0.3) is 0 Å². The minimum atomic E-state index is 0. The van der Waals surface area contributed by atoms with Crippen LogP contribution in [0.2, 0.25) is 0 Å². The molecule has 0 unspecified atom stereocenters. The molecule has 2 nitrogen and oxygen atoms in total. The standard InChI is InChI=1S/C5H9O2.K/c6-5-1-3-7-4-2-5;/h6H,1-4H2;/q-1;+1. The smallest absolute Gasteiger partial charge is 0.563 e. The second-order valence-corrected chi connectivity index (χ2v) is 1.68. The monoisotopic (exact) mass is 140 g/mol. The summed E-state index contributed by atoms with van der Waals surface area (Å²) in [6.07, 6.45) is 2.06. The maximum absolute atomic E-state index is 8.75. The predicted octanol–water partition coefficient (Wildman–Crippen LogP) is -2.29. The molecule has 8 heavy (non-hydrogen) atoms. The quantitative estimate of drug-likeness (QED) is 0.303. The number of aliphatic hydroxyl groups is 1. The van der Waals surface area contributed by atoms with Crippen molar-refractivity contribution >= 4 is 0 Å². The Labute approximate surface area is 92.0 Å². The average molecular weight is 140 g/mol. The Hall–Kier alpha value is 1.56. The molecule has 0 spiro atoms. The summed E-state index contributed by atoms with van der Waals surface area (Å²) in [5.74, 6) is 0. The minimum Gasteiger partial charge on any atom is -0.563 e. The van der Waals surface area contributed by atoms with Crippen molar-refractivity contribution < 1.29 is 61.2 Å². The maximum atomic E-state index is 8.75. The molecule has 0 aliphatic carbocycles. The zero-order valence-electron chi connectivity index (χ0n) is 5.18. The molecule has 0 radical (unpaired) electrons. The van der Waals surface area contributed by atoms with Crippen molar-refractivity contribution in [3.05, 3.63) is 6.10 Å². The summed E-state index contributed by atoms with van der Waals surface area (Å²) >= 11 is 0. The SMILES string of the molecule is O[C-]1CCOCC1.[K+]. The van der Waals surface area contributed by atoms with Crippen LogP contribution >= 0.6 is 0 Å². The average Bonchev–Trinajstić information content (AvgIpc) is 1.69. The molecule has 1 rings (SSSR count). The fourth-order valence-electron chi connectivity index (χ4n) is 0.607. The van der Waals surface area contributed by atoms with Crippen molar-refractivity contribution in [3.8, 4) is 0 Å². The first-order valence-electron chi connectivity index (χ1n) is 2.51. The molecule has 0 saturated carbocycles. The molecule has 1 aliphatic heterocycles. The van der Waals surface area contributed by atoms with E-state index in [9.17, 15) is 0 Å². The van der Waals surface area contributed by atoms with E-state index >= 15 is 0 Å². The summed E-state index contributed by atoms with van der Waals surface area (Å²) in [5, 5.41) is 8.75. The summed E-state index contributed by atoms with van der Waals surface area (Å²) in [6.45, 7) is 1.40. The number of ether oxygens (including phenoxy) is 1. The number of hydrogen-bond donors (Lipinski definition) is 1. The van der Waals surface area contributed by atoms with E-state index in [0.717, 1.165) is 12.8 Å². The van der Waals surface area contributed by atoms with Crippen molar-refractivity contribution in [2.45, 2.75) is 12.8 Å². The number of aliphatic hydroxyl groups excluding tert-OH is 1. The van der Waals surface area contributed by atoms with E-state index in [4.69, 9.17) is 9.84 Å². The Bertz CT molecular complexity index is 52.4. The normalized spacial score (nSPS) is 22.1. The second kappa shape index (κ2) is 5.35. The van der Waals surface area contributed by atoms with Gasteiger partial charge in [-0.3, -0.25) is 0 Å². The van der Waals surface area contributed by atoms with Gasteiger partial charge in [0, 0.05) is 13.2 Å². The van der Waals surface area contributed by atoms with Gasteiger partial charge in [-0.05, 0) is 0 Å². The van der Waals surface area contributed by atoms with Crippen LogP contribution in [0.25, 0.3) is 0 Å². The Morgan fingerprint density at radius 2 is 1.75 bits per heavy atom. The number of hydrogen-bond acceptors (Lipinski definition) is 2. The van der Waals surface area contributed by atoms with E-state index in [1.807, 2.05) is 0 Å². The molecule has 1 saturated heterocycles. The second-order valence-electron chi connectivity index (χ2n) is 1.68. The fraction of sp³-hybridized carbons (Fsp3) is 0.800. The van der Waals surface area contributed by atoms with Gasteiger partial charge in [-0.15, -0.1) is 12.8 Å². The first-order valence-corrected chi connectivity index (χ1v) is 2.51. The van der Waals surface area contributed by atoms with E-state index in [0.29, 0.717) is 19.3 Å². The largest absolute Gasteiger partial charge is 1.00 e. The zero-order chi connectivity index (χ0) is 5.11. The molecule has 0 atom stereocenters. The van der Waals surface area contributed by atoms with Gasteiger partial charge in [0.1, 0.15) is 0 Å². The molecular weight excluding hydrogens is 131 g/mol. The van der Waals surface area contributed by atoms with E-state index in [2.05, 4.69) is 0 Å². The van der Waals surface area contributed by atoms with Crippen molar-refractivity contribution in [1.82, 2.24) is 0 Å². The third-order valence-corrected chi connectivity index (χ3v) is 1.07. The molecule has 42 valence electrons. The summed E-state index contributed by atoms with van der Waals surface area (Å²) in [5.41, 5.74) is 0. The zero-order valence-corrected chi connectivity index (χ0v) is 8.31. The van der Waals surface area contributed by atoms with Gasteiger partial charge in [-0.1, -0.05) is 0 Å². The topological polar surface area (TPSA) is 29.5 Å². The summed E-state index contributed by atoms with van der Waals surface area (Å²) in [7, 11) is 0. The van der Waals surface area contributed by atoms with Gasteiger partial charge >= 0.3 is 51.4 Å². The third kappa shape index (κ3) is 3.56. The molecule has 3 heteroatoms. The summed E-state index contributed by atoms with van der Waals surface area (Å²) in [6, 6.07) is 0. The van der Waals surface area contributed by atoms with Gasteiger partial charge in [0.2, 0.25) is 0 Å². The molecule has 0 aromatic carbocycles. The molecule has 0 aromatic heterocycles. The molecule has 0 aromatic rings. The van der Waals surface area contributed by atoms with Crippen molar-refractivity contribution in [2.75, 3.05) is 13.2 Å². The van der Waals surface area contributed by atoms with Gasteiger partial charge in [0.15, 0.2) is 0 Å². The number of rotatable bonds is 0. The maximum Gasteiger partial charge on any atom is 1.00 e. The molecular formula is C5H9KO2. The predicted molar refractivity (Wildman–Crippen MR) is 25.2 cm³/mol. The van der Waals surface area contributed by atoms with E-state index in [1.165, 1.54) is 0 Å². The Balaban J connectivity index is 0.000000490. The van der Waals surface area contributed by atoms with Crippen molar-refractivity contribution in [3.63, 3.8) is 0 Å². The van der Waals surface area contributed by atoms with Crippen molar-refractivity contribution in [2.24, 2.45) is 0 Å². The third-order valence-electron chi connectivity index (χ3n) is 1.07. The van der Waals surface area contributed by atoms with Crippen LogP contribution in [-0.2, 0) is 4.74 Å². The minimum absolute atomic E-state index is 0. The van der Waals surface area contributed by atoms with Crippen LogP contribution in [0.3, 0.4) is 0 Å². The Kier molecular flexibility index (Phi) is 6.39. The van der Waals surface area contributed by atoms with Crippen LogP contribution < -0.4 is 51.4 Å². The fourth-order valence-corrected chi connectivity index (χ4v) is 0.607. The molecule has 1 aliphatic rings. The van der Waals surface area contributed by atoms with Gasteiger partial charge in [-0.2, -0.15) is 6.10 Å². The van der Waals surface area contributed by atoms with Crippen LogP contribution in [0.1, 0.15) is 12.8 Å². The van der Waals surface area contributed by atoms with Crippen LogP contribution in [0.4, 0.5) is 0 Å². The van der Waals surface area contributed by atoms with E-state index < -0.39 is 0 Å². The van der Waals surface area contributed by atoms with Gasteiger partial charge in [-0.25, -0.2) is 0 Å². The van der Waals surface area contributed by atoms with Gasteiger partial charge < -0.3 is 9.84 Å². The van der Waals surface area contributed by atoms with Crippen molar-refractivity contribution in [1.29, 1.82) is 0 Å². The van der Waals surface area contributed by atoms with Gasteiger partial charge in [0.05, 0.1) is 0 Å². The Morgan fingerprint density at radius 3 is 2.00 bits per heavy atom. The molecule has 1 fully saturated rings. The molecule has 1 N–H and O–H groups in total. The first kappa shape index (κ1) is 9.56. The van der Waals surface area contributed by atoms with Crippen LogP contribution in [-0.4, -0.2) is 18.3 Å². The van der Waals surface area contributed by atoms with Crippen LogP contribution in [0, 0.1) is 6.10 Å². The van der Waals surface area contributed by atoms with Crippen LogP contribution in [0.15, 0.2) is 0 Å². The summed E-state index contributed by atoms with van der Waals surface area (Å²) < 4.78 is 4.96. The molecule has 1 heterocycles.